The quantitative estimate of drug-likeness (QED) is 0.861. The molecule has 2 aromatic heterocycles. The molecule has 1 saturated heterocycles. The van der Waals surface area contributed by atoms with E-state index < -0.39 is 0 Å². The summed E-state index contributed by atoms with van der Waals surface area (Å²) in [5.41, 5.74) is 0. The number of hydrogen-bond donors (Lipinski definition) is 0. The Labute approximate surface area is 139 Å². The normalized spacial score (nSPS) is 26.7. The fourth-order valence-corrected chi connectivity index (χ4v) is 4.55. The van der Waals surface area contributed by atoms with Gasteiger partial charge in [0, 0.05) is 34.6 Å². The molecule has 6 heteroatoms. The van der Waals surface area contributed by atoms with Gasteiger partial charge in [-0.3, -0.25) is 4.79 Å². The highest BCUT2D eigenvalue weighted by atomic mass is 32.1. The van der Waals surface area contributed by atoms with Gasteiger partial charge in [0.05, 0.1) is 6.04 Å². The van der Waals surface area contributed by atoms with E-state index in [4.69, 9.17) is 4.52 Å². The Morgan fingerprint density at radius 3 is 3.04 bits per heavy atom. The number of carbonyl (C=O) groups is 1. The average Bonchev–Trinajstić information content (AvgIpc) is 2.96. The number of amides is 1. The van der Waals surface area contributed by atoms with E-state index >= 15 is 0 Å². The summed E-state index contributed by atoms with van der Waals surface area (Å²) >= 11 is 1.82. The second-order valence-corrected chi connectivity index (χ2v) is 7.81. The molecule has 2 aliphatic rings. The minimum absolute atomic E-state index is 0.00197. The zero-order valence-electron chi connectivity index (χ0n) is 13.5. The Kier molecular flexibility index (Phi) is 3.71. The Balaban J connectivity index is 1.47. The van der Waals surface area contributed by atoms with Crippen LogP contribution in [0, 0.1) is 12.8 Å². The number of hydrogen-bond acceptors (Lipinski definition) is 5. The van der Waals surface area contributed by atoms with Gasteiger partial charge in [0.2, 0.25) is 11.8 Å². The molecule has 0 radical (unpaired) electrons. The molecule has 1 aliphatic carbocycles. The molecule has 5 nitrogen and oxygen atoms in total. The molecule has 122 valence electrons. The van der Waals surface area contributed by atoms with Gasteiger partial charge in [-0.2, -0.15) is 4.98 Å². The van der Waals surface area contributed by atoms with E-state index in [0.29, 0.717) is 17.6 Å². The monoisotopic (exact) mass is 331 g/mol. The van der Waals surface area contributed by atoms with Gasteiger partial charge >= 0.3 is 0 Å². The molecule has 2 fully saturated rings. The molecule has 0 spiro atoms. The predicted octanol–water partition coefficient (Wildman–Crippen LogP) is 3.47. The minimum Gasteiger partial charge on any atom is -0.339 e. The van der Waals surface area contributed by atoms with Crippen LogP contribution >= 0.6 is 11.3 Å². The molecule has 1 amide bonds. The maximum Gasteiger partial charge on any atom is 0.226 e. The average molecular weight is 331 g/mol. The summed E-state index contributed by atoms with van der Waals surface area (Å²) in [6.45, 7) is 4.92. The summed E-state index contributed by atoms with van der Waals surface area (Å²) in [6.07, 6.45) is 3.66. The van der Waals surface area contributed by atoms with E-state index in [2.05, 4.69) is 29.2 Å². The van der Waals surface area contributed by atoms with Crippen LogP contribution in [0.2, 0.25) is 0 Å². The van der Waals surface area contributed by atoms with Gasteiger partial charge < -0.3 is 9.42 Å². The zero-order valence-corrected chi connectivity index (χ0v) is 14.3. The van der Waals surface area contributed by atoms with E-state index in [0.717, 1.165) is 32.2 Å². The SMILES string of the molecule is CCc1nc(C2CCCN2C(=O)C2CC2c2ccc(C)s2)no1. The predicted molar refractivity (Wildman–Crippen MR) is 87.3 cm³/mol. The van der Waals surface area contributed by atoms with Crippen molar-refractivity contribution < 1.29 is 9.32 Å². The van der Waals surface area contributed by atoms with Gasteiger partial charge in [-0.15, -0.1) is 11.3 Å². The first-order valence-corrected chi connectivity index (χ1v) is 9.18. The lowest BCUT2D eigenvalue weighted by molar-refractivity contribution is -0.133. The third-order valence-electron chi connectivity index (χ3n) is 4.85. The van der Waals surface area contributed by atoms with Crippen LogP contribution in [0.5, 0.6) is 0 Å². The molecule has 1 saturated carbocycles. The van der Waals surface area contributed by atoms with Crippen LogP contribution in [-0.4, -0.2) is 27.5 Å². The van der Waals surface area contributed by atoms with Crippen molar-refractivity contribution in [1.82, 2.24) is 15.0 Å². The molecule has 3 unspecified atom stereocenters. The van der Waals surface area contributed by atoms with Crippen molar-refractivity contribution in [2.45, 2.75) is 51.5 Å². The fourth-order valence-electron chi connectivity index (χ4n) is 3.49. The molecule has 0 bridgehead atoms. The molecular formula is C17H21N3O2S. The standard InChI is InChI=1S/C17H21N3O2S/c1-3-15-18-16(19-22-15)13-5-4-8-20(13)17(21)12-9-11(12)14-7-6-10(2)23-14/h6-7,11-13H,3-5,8-9H2,1-2H3. The van der Waals surface area contributed by atoms with Crippen LogP contribution in [0.1, 0.15) is 59.6 Å². The summed E-state index contributed by atoms with van der Waals surface area (Å²) in [6, 6.07) is 4.31. The van der Waals surface area contributed by atoms with Crippen molar-refractivity contribution in [2.75, 3.05) is 6.54 Å². The van der Waals surface area contributed by atoms with Crippen LogP contribution in [0.25, 0.3) is 0 Å². The smallest absolute Gasteiger partial charge is 0.226 e. The minimum atomic E-state index is -0.00197. The van der Waals surface area contributed by atoms with Crippen molar-refractivity contribution in [1.29, 1.82) is 0 Å². The number of aromatic nitrogens is 2. The van der Waals surface area contributed by atoms with Crippen molar-refractivity contribution in [3.63, 3.8) is 0 Å². The highest BCUT2D eigenvalue weighted by Gasteiger charge is 2.48. The molecular weight excluding hydrogens is 310 g/mol. The van der Waals surface area contributed by atoms with Gasteiger partial charge in [-0.05, 0) is 38.3 Å². The molecule has 1 aliphatic heterocycles. The lowest BCUT2D eigenvalue weighted by Crippen LogP contribution is -2.32. The number of likely N-dealkylation sites (tertiary alicyclic amines) is 1. The van der Waals surface area contributed by atoms with Gasteiger partial charge in [-0.25, -0.2) is 0 Å². The molecule has 0 N–H and O–H groups in total. The van der Waals surface area contributed by atoms with Crippen LogP contribution in [0.15, 0.2) is 16.7 Å². The topological polar surface area (TPSA) is 59.2 Å². The van der Waals surface area contributed by atoms with Gasteiger partial charge in [0.15, 0.2) is 5.82 Å². The highest BCUT2D eigenvalue weighted by Crippen LogP contribution is 2.51. The Bertz CT molecular complexity index is 723. The Morgan fingerprint density at radius 2 is 2.35 bits per heavy atom. The molecule has 2 aromatic rings. The second-order valence-electron chi connectivity index (χ2n) is 6.49. The first-order chi connectivity index (χ1) is 11.2. The van der Waals surface area contributed by atoms with Gasteiger partial charge in [0.1, 0.15) is 0 Å². The van der Waals surface area contributed by atoms with E-state index in [9.17, 15) is 4.79 Å². The molecule has 0 aromatic carbocycles. The van der Waals surface area contributed by atoms with Gasteiger partial charge in [0.25, 0.3) is 0 Å². The molecule has 4 rings (SSSR count). The maximum atomic E-state index is 12.9. The number of carbonyl (C=O) groups excluding carboxylic acids is 1. The van der Waals surface area contributed by atoms with Crippen molar-refractivity contribution in [3.05, 3.63) is 33.6 Å². The van der Waals surface area contributed by atoms with Crippen LogP contribution in [0.4, 0.5) is 0 Å². The lowest BCUT2D eigenvalue weighted by atomic mass is 10.2. The number of nitrogens with zero attached hydrogens (tertiary/aromatic N) is 3. The Morgan fingerprint density at radius 1 is 1.48 bits per heavy atom. The first kappa shape index (κ1) is 14.9. The van der Waals surface area contributed by atoms with Crippen LogP contribution in [-0.2, 0) is 11.2 Å². The second kappa shape index (κ2) is 5.74. The van der Waals surface area contributed by atoms with Crippen LogP contribution in [0.3, 0.4) is 0 Å². The fraction of sp³-hybridized carbons (Fsp3) is 0.588. The summed E-state index contributed by atoms with van der Waals surface area (Å²) in [5, 5.41) is 4.08. The maximum absolute atomic E-state index is 12.9. The van der Waals surface area contributed by atoms with Crippen LogP contribution < -0.4 is 0 Å². The van der Waals surface area contributed by atoms with E-state index in [1.54, 1.807) is 0 Å². The third-order valence-corrected chi connectivity index (χ3v) is 5.99. The number of aryl methyl sites for hydroxylation is 2. The van der Waals surface area contributed by atoms with Gasteiger partial charge in [-0.1, -0.05) is 12.1 Å². The van der Waals surface area contributed by atoms with E-state index in [1.807, 2.05) is 23.2 Å². The lowest BCUT2D eigenvalue weighted by Gasteiger charge is -2.22. The van der Waals surface area contributed by atoms with Crippen molar-refractivity contribution in [2.24, 2.45) is 5.92 Å². The first-order valence-electron chi connectivity index (χ1n) is 8.36. The summed E-state index contributed by atoms with van der Waals surface area (Å²) in [7, 11) is 0. The van der Waals surface area contributed by atoms with Crippen molar-refractivity contribution in [3.8, 4) is 0 Å². The van der Waals surface area contributed by atoms with E-state index in [-0.39, 0.29) is 17.9 Å². The molecule has 3 atom stereocenters. The Hall–Kier alpha value is -1.69. The summed E-state index contributed by atoms with van der Waals surface area (Å²) in [4.78, 5) is 22.0. The summed E-state index contributed by atoms with van der Waals surface area (Å²) in [5.74, 6) is 2.16. The summed E-state index contributed by atoms with van der Waals surface area (Å²) < 4.78 is 5.23. The van der Waals surface area contributed by atoms with Crippen molar-refractivity contribution >= 4 is 17.2 Å². The largest absolute Gasteiger partial charge is 0.339 e. The third kappa shape index (κ3) is 2.69. The zero-order chi connectivity index (χ0) is 16.0. The molecule has 23 heavy (non-hydrogen) atoms. The molecule has 3 heterocycles. The number of rotatable bonds is 4. The van der Waals surface area contributed by atoms with E-state index in [1.165, 1.54) is 9.75 Å². The number of thiophene rings is 1. The highest BCUT2D eigenvalue weighted by molar-refractivity contribution is 7.12.